The molecule has 2 heterocycles. The molecule has 2 aromatic heterocycles. The van der Waals surface area contributed by atoms with Crippen LogP contribution in [0.3, 0.4) is 0 Å². The number of aromatic nitrogens is 5. The predicted octanol–water partition coefficient (Wildman–Crippen LogP) is 4.59. The smallest absolute Gasteiger partial charge is 0.406 e. The zero-order chi connectivity index (χ0) is 26.1. The highest BCUT2D eigenvalue weighted by Gasteiger charge is 2.58. The first-order valence-electron chi connectivity index (χ1n) is 9.98. The van der Waals surface area contributed by atoms with Gasteiger partial charge in [-0.2, -0.15) is 13.6 Å². The van der Waals surface area contributed by atoms with E-state index in [9.17, 15) is 27.1 Å². The summed E-state index contributed by atoms with van der Waals surface area (Å²) in [7, 11) is 0. The van der Waals surface area contributed by atoms with Crippen LogP contribution in [-0.4, -0.2) is 36.7 Å². The van der Waals surface area contributed by atoms with Gasteiger partial charge in [0.1, 0.15) is 29.6 Å². The maximum Gasteiger partial charge on any atom is 0.573 e. The number of tetrazole rings is 1. The number of hydrogen-bond acceptors (Lipinski definition) is 6. The SMILES string of the molecule is OC(Cn1ncnn1)(c1ccc(F)cc1F)C(F)(F)c1ccc(-c2ccc(OC(F)(F)F)cc2)cn1. The molecule has 0 amide bonds. The van der Waals surface area contributed by atoms with Crippen LogP contribution < -0.4 is 4.74 Å². The van der Waals surface area contributed by atoms with Gasteiger partial charge in [-0.05, 0) is 41.1 Å². The standard InChI is InChI=1S/C22H14F7N5O2/c23-15-4-7-17(18(24)9-15)20(35,11-34-32-12-31-33-34)21(25,26)19-8-3-14(10-30-19)13-1-5-16(6-2-13)36-22(27,28)29/h1-10,12,35H,11H2. The number of benzene rings is 2. The molecule has 0 bridgehead atoms. The van der Waals surface area contributed by atoms with Gasteiger partial charge in [0.15, 0.2) is 11.9 Å². The Labute approximate surface area is 197 Å². The minimum absolute atomic E-state index is 0.252. The third kappa shape index (κ3) is 4.98. The van der Waals surface area contributed by atoms with Gasteiger partial charge < -0.3 is 9.84 Å². The lowest BCUT2D eigenvalue weighted by Crippen LogP contribution is -2.48. The first-order valence-corrected chi connectivity index (χ1v) is 9.98. The van der Waals surface area contributed by atoms with Crippen molar-refractivity contribution in [2.24, 2.45) is 0 Å². The molecule has 1 unspecified atom stereocenters. The molecule has 0 aliphatic heterocycles. The summed E-state index contributed by atoms with van der Waals surface area (Å²) in [4.78, 5) is 4.30. The summed E-state index contributed by atoms with van der Waals surface area (Å²) in [5, 5.41) is 21.5. The molecule has 4 rings (SSSR count). The van der Waals surface area contributed by atoms with Gasteiger partial charge in [0.25, 0.3) is 0 Å². The number of pyridine rings is 1. The van der Waals surface area contributed by atoms with E-state index >= 15 is 8.78 Å². The van der Waals surface area contributed by atoms with Crippen molar-refractivity contribution in [1.82, 2.24) is 25.2 Å². The number of halogens is 7. The zero-order valence-corrected chi connectivity index (χ0v) is 17.8. The van der Waals surface area contributed by atoms with Gasteiger partial charge >= 0.3 is 12.3 Å². The monoisotopic (exact) mass is 513 g/mol. The molecule has 0 aliphatic carbocycles. The van der Waals surface area contributed by atoms with Crippen molar-refractivity contribution in [1.29, 1.82) is 0 Å². The summed E-state index contributed by atoms with van der Waals surface area (Å²) in [5.74, 6) is -7.22. The first-order chi connectivity index (χ1) is 16.9. The second kappa shape index (κ2) is 9.18. The van der Waals surface area contributed by atoms with Crippen LogP contribution in [0.25, 0.3) is 11.1 Å². The van der Waals surface area contributed by atoms with E-state index in [4.69, 9.17) is 0 Å². The second-order valence-corrected chi connectivity index (χ2v) is 7.53. The molecular formula is C22H14F7N5O2. The van der Waals surface area contributed by atoms with Crippen LogP contribution >= 0.6 is 0 Å². The molecule has 0 radical (unpaired) electrons. The summed E-state index contributed by atoms with van der Waals surface area (Å²) < 4.78 is 100. The van der Waals surface area contributed by atoms with Gasteiger partial charge in [-0.15, -0.1) is 23.4 Å². The first kappa shape index (κ1) is 25.0. The number of rotatable bonds is 7. The molecule has 4 aromatic rings. The number of nitrogens with zero attached hydrogens (tertiary/aromatic N) is 5. The van der Waals surface area contributed by atoms with Gasteiger partial charge in [0.2, 0.25) is 0 Å². The van der Waals surface area contributed by atoms with E-state index < -0.39 is 53.1 Å². The van der Waals surface area contributed by atoms with E-state index in [0.29, 0.717) is 28.6 Å². The molecule has 0 aliphatic rings. The minimum Gasteiger partial charge on any atom is -0.406 e. The van der Waals surface area contributed by atoms with E-state index in [1.807, 2.05) is 0 Å². The van der Waals surface area contributed by atoms with Crippen molar-refractivity contribution in [2.75, 3.05) is 0 Å². The van der Waals surface area contributed by atoms with Crippen LogP contribution in [0.5, 0.6) is 5.75 Å². The molecule has 0 saturated heterocycles. The number of hydrogen-bond donors (Lipinski definition) is 1. The normalized spacial score (nSPS) is 13.9. The van der Waals surface area contributed by atoms with Crippen molar-refractivity contribution < 1.29 is 40.6 Å². The van der Waals surface area contributed by atoms with Crippen LogP contribution in [-0.2, 0) is 18.1 Å². The van der Waals surface area contributed by atoms with Crippen LogP contribution in [0, 0.1) is 11.6 Å². The number of aliphatic hydroxyl groups is 1. The molecular weight excluding hydrogens is 499 g/mol. The summed E-state index contributed by atoms with van der Waals surface area (Å²) in [5.41, 5.74) is -4.65. The molecule has 2 aromatic carbocycles. The van der Waals surface area contributed by atoms with Gasteiger partial charge in [-0.3, -0.25) is 4.98 Å². The van der Waals surface area contributed by atoms with E-state index in [0.717, 1.165) is 30.7 Å². The summed E-state index contributed by atoms with van der Waals surface area (Å²) >= 11 is 0. The van der Waals surface area contributed by atoms with Crippen LogP contribution in [0.15, 0.2) is 67.1 Å². The predicted molar refractivity (Wildman–Crippen MR) is 108 cm³/mol. The lowest BCUT2D eigenvalue weighted by molar-refractivity contribution is -0.274. The molecule has 36 heavy (non-hydrogen) atoms. The average molecular weight is 513 g/mol. The van der Waals surface area contributed by atoms with E-state index in [2.05, 4.69) is 25.1 Å². The lowest BCUT2D eigenvalue weighted by atomic mass is 9.84. The average Bonchev–Trinajstić information content (AvgIpc) is 3.31. The van der Waals surface area contributed by atoms with Gasteiger partial charge in [-0.1, -0.05) is 18.2 Å². The molecule has 1 atom stereocenters. The Kier molecular flexibility index (Phi) is 6.39. The van der Waals surface area contributed by atoms with E-state index in [-0.39, 0.29) is 5.56 Å². The van der Waals surface area contributed by atoms with Gasteiger partial charge in [0, 0.05) is 23.4 Å². The topological polar surface area (TPSA) is 86.0 Å². The van der Waals surface area contributed by atoms with Gasteiger partial charge in [-0.25, -0.2) is 8.78 Å². The van der Waals surface area contributed by atoms with Crippen molar-refractivity contribution in [2.45, 2.75) is 24.4 Å². The Hall–Kier alpha value is -4.07. The zero-order valence-electron chi connectivity index (χ0n) is 17.8. The Morgan fingerprint density at radius 1 is 0.889 bits per heavy atom. The highest BCUT2D eigenvalue weighted by molar-refractivity contribution is 5.63. The lowest BCUT2D eigenvalue weighted by Gasteiger charge is -2.35. The fourth-order valence-electron chi connectivity index (χ4n) is 3.46. The summed E-state index contributed by atoms with van der Waals surface area (Å²) in [6.07, 6.45) is -2.96. The Morgan fingerprint density at radius 2 is 1.58 bits per heavy atom. The van der Waals surface area contributed by atoms with Crippen molar-refractivity contribution in [3.05, 3.63) is 90.0 Å². The molecule has 0 saturated carbocycles. The summed E-state index contributed by atoms with van der Waals surface area (Å²) in [6, 6.07) is 8.35. The summed E-state index contributed by atoms with van der Waals surface area (Å²) in [6.45, 7) is -1.06. The Balaban J connectivity index is 1.69. The molecule has 188 valence electrons. The van der Waals surface area contributed by atoms with Crippen LogP contribution in [0.2, 0.25) is 0 Å². The largest absolute Gasteiger partial charge is 0.573 e. The number of ether oxygens (including phenoxy) is 1. The Bertz CT molecular complexity index is 1330. The fraction of sp³-hybridized carbons (Fsp3) is 0.182. The highest BCUT2D eigenvalue weighted by Crippen LogP contribution is 2.46. The van der Waals surface area contributed by atoms with Crippen molar-refractivity contribution in [3.63, 3.8) is 0 Å². The Morgan fingerprint density at radius 3 is 2.14 bits per heavy atom. The molecule has 7 nitrogen and oxygen atoms in total. The quantitative estimate of drug-likeness (QED) is 0.364. The minimum atomic E-state index is -4.88. The van der Waals surface area contributed by atoms with Crippen LogP contribution in [0.1, 0.15) is 11.3 Å². The van der Waals surface area contributed by atoms with Crippen molar-refractivity contribution >= 4 is 0 Å². The number of alkyl halides is 5. The highest BCUT2D eigenvalue weighted by atomic mass is 19.4. The molecule has 0 fully saturated rings. The van der Waals surface area contributed by atoms with Crippen LogP contribution in [0.4, 0.5) is 30.7 Å². The van der Waals surface area contributed by atoms with Crippen molar-refractivity contribution in [3.8, 4) is 16.9 Å². The maximum atomic E-state index is 15.7. The van der Waals surface area contributed by atoms with E-state index in [1.165, 1.54) is 18.2 Å². The third-order valence-electron chi connectivity index (χ3n) is 5.16. The maximum absolute atomic E-state index is 15.7. The fourth-order valence-corrected chi connectivity index (χ4v) is 3.46. The second-order valence-electron chi connectivity index (χ2n) is 7.53. The third-order valence-corrected chi connectivity index (χ3v) is 5.16. The molecule has 14 heteroatoms. The van der Waals surface area contributed by atoms with Gasteiger partial charge in [0.05, 0.1) is 0 Å². The molecule has 1 N–H and O–H groups in total. The molecule has 0 spiro atoms. The van der Waals surface area contributed by atoms with E-state index in [1.54, 1.807) is 0 Å².